The lowest BCUT2D eigenvalue weighted by Crippen LogP contribution is -2.21. The van der Waals surface area contributed by atoms with Crippen LogP contribution >= 0.6 is 24.0 Å². The fraction of sp³-hybridized carbons (Fsp3) is 0.455. The fourth-order valence-corrected chi connectivity index (χ4v) is 4.42. The van der Waals surface area contributed by atoms with E-state index in [1.807, 2.05) is 16.6 Å². The Hall–Kier alpha value is -1.78. The second-order valence-corrected chi connectivity index (χ2v) is 7.99. The van der Waals surface area contributed by atoms with Gasteiger partial charge in [-0.05, 0) is 69.2 Å². The average Bonchev–Trinajstić information content (AvgIpc) is 3.23. The molecule has 0 saturated heterocycles. The van der Waals surface area contributed by atoms with Crippen LogP contribution in [0.5, 0.6) is 0 Å². The first kappa shape index (κ1) is 20.9. The van der Waals surface area contributed by atoms with Gasteiger partial charge in [-0.2, -0.15) is 9.61 Å². The van der Waals surface area contributed by atoms with Crippen LogP contribution in [0.1, 0.15) is 55.6 Å². The summed E-state index contributed by atoms with van der Waals surface area (Å²) >= 11 is 6.18. The summed E-state index contributed by atoms with van der Waals surface area (Å²) < 4.78 is 2.04. The highest BCUT2D eigenvalue weighted by Crippen LogP contribution is 2.36. The van der Waals surface area contributed by atoms with E-state index in [4.69, 9.17) is 21.7 Å². The minimum atomic E-state index is 0. The predicted molar refractivity (Wildman–Crippen MR) is 120 cm³/mol. The second-order valence-electron chi connectivity index (χ2n) is 7.55. The maximum absolute atomic E-state index is 6.18. The summed E-state index contributed by atoms with van der Waals surface area (Å²) in [6.07, 6.45) is 5.49. The third-order valence-corrected chi connectivity index (χ3v) is 5.98. The van der Waals surface area contributed by atoms with Crippen LogP contribution in [0, 0.1) is 13.8 Å². The van der Waals surface area contributed by atoms with Crippen molar-refractivity contribution >= 4 is 35.5 Å². The fourth-order valence-electron chi connectivity index (χ4n) is 4.19. The molecule has 2 aromatic heterocycles. The van der Waals surface area contributed by atoms with Gasteiger partial charge in [0.05, 0.1) is 5.69 Å². The molecule has 0 fully saturated rings. The number of fused-ring (bicyclic) bond motifs is 2. The van der Waals surface area contributed by atoms with Gasteiger partial charge >= 0.3 is 0 Å². The van der Waals surface area contributed by atoms with Crippen molar-refractivity contribution in [2.45, 2.75) is 65.8 Å². The molecular weight excluding hydrogens is 391 g/mol. The number of nitrogens with one attached hydrogen (secondary N) is 1. The Morgan fingerprint density at radius 2 is 1.93 bits per heavy atom. The van der Waals surface area contributed by atoms with Crippen molar-refractivity contribution in [3.63, 3.8) is 0 Å². The second kappa shape index (κ2) is 8.30. The quantitative estimate of drug-likeness (QED) is 0.537. The number of halogens is 2. The highest BCUT2D eigenvalue weighted by atomic mass is 35.5. The average molecular weight is 419 g/mol. The molecule has 1 N–H and O–H groups in total. The topological polar surface area (TPSA) is 42.2 Å². The van der Waals surface area contributed by atoms with E-state index in [0.29, 0.717) is 6.04 Å². The van der Waals surface area contributed by atoms with Crippen molar-refractivity contribution in [3.8, 4) is 11.1 Å². The molecule has 1 aliphatic carbocycles. The lowest BCUT2D eigenvalue weighted by Gasteiger charge is -2.20. The van der Waals surface area contributed by atoms with Crippen molar-refractivity contribution in [1.82, 2.24) is 14.6 Å². The Kier molecular flexibility index (Phi) is 6.21. The molecule has 0 radical (unpaired) electrons. The summed E-state index contributed by atoms with van der Waals surface area (Å²) in [7, 11) is 0. The number of nitrogens with zero attached hydrogens (tertiary/aromatic N) is 3. The molecule has 4 rings (SSSR count). The van der Waals surface area contributed by atoms with Gasteiger partial charge in [0.2, 0.25) is 0 Å². The number of aryl methyl sites for hydroxylation is 3. The maximum atomic E-state index is 6.18. The monoisotopic (exact) mass is 418 g/mol. The number of hydrogen-bond acceptors (Lipinski definition) is 3. The number of hydrogen-bond donors (Lipinski definition) is 1. The van der Waals surface area contributed by atoms with Crippen LogP contribution in [-0.2, 0) is 12.8 Å². The van der Waals surface area contributed by atoms with Crippen LogP contribution in [0.2, 0.25) is 5.02 Å². The molecular formula is C22H28Cl2N4. The van der Waals surface area contributed by atoms with Gasteiger partial charge in [0.1, 0.15) is 5.82 Å². The van der Waals surface area contributed by atoms with Crippen LogP contribution in [0.4, 0.5) is 5.82 Å². The number of benzene rings is 1. The molecule has 1 aromatic carbocycles. The minimum absolute atomic E-state index is 0. The molecule has 3 aromatic rings. The van der Waals surface area contributed by atoms with E-state index < -0.39 is 0 Å². The molecule has 0 atom stereocenters. The third-order valence-electron chi connectivity index (χ3n) is 5.75. The van der Waals surface area contributed by atoms with Crippen molar-refractivity contribution in [1.29, 1.82) is 0 Å². The number of anilines is 1. The molecule has 28 heavy (non-hydrogen) atoms. The lowest BCUT2D eigenvalue weighted by atomic mass is 10.0. The summed E-state index contributed by atoms with van der Waals surface area (Å²) in [6.45, 7) is 8.64. The summed E-state index contributed by atoms with van der Waals surface area (Å²) in [6, 6.07) is 6.50. The van der Waals surface area contributed by atoms with E-state index in [2.05, 4.69) is 39.1 Å². The Morgan fingerprint density at radius 1 is 1.18 bits per heavy atom. The largest absolute Gasteiger partial charge is 0.367 e. The van der Waals surface area contributed by atoms with Gasteiger partial charge in [-0.3, -0.25) is 0 Å². The van der Waals surface area contributed by atoms with E-state index in [0.717, 1.165) is 64.6 Å². The van der Waals surface area contributed by atoms with E-state index in [9.17, 15) is 0 Å². The van der Waals surface area contributed by atoms with Crippen molar-refractivity contribution < 1.29 is 0 Å². The number of rotatable bonds is 5. The first-order valence-electron chi connectivity index (χ1n) is 9.97. The molecule has 4 nitrogen and oxygen atoms in total. The Bertz CT molecular complexity index is 1010. The zero-order valence-electron chi connectivity index (χ0n) is 17.0. The van der Waals surface area contributed by atoms with Crippen LogP contribution in [0.3, 0.4) is 0 Å². The Morgan fingerprint density at radius 3 is 2.61 bits per heavy atom. The highest BCUT2D eigenvalue weighted by Gasteiger charge is 2.25. The summed E-state index contributed by atoms with van der Waals surface area (Å²) in [4.78, 5) is 5.06. The van der Waals surface area contributed by atoms with Gasteiger partial charge in [0, 0.05) is 27.9 Å². The molecule has 2 heterocycles. The standard InChI is InChI=1S/C22H27ClN4.ClH/c1-5-16(6-2)24-21-18-8-7-9-19(18)25-22-20(14(4)26-27(21)22)17-11-10-15(23)12-13(17)3;/h10-12,16,24H,5-9H2,1-4H3;1H. The number of aromatic nitrogens is 3. The summed E-state index contributed by atoms with van der Waals surface area (Å²) in [5.41, 5.74) is 7.95. The molecule has 0 bridgehead atoms. The minimum Gasteiger partial charge on any atom is -0.367 e. The summed E-state index contributed by atoms with van der Waals surface area (Å²) in [5.74, 6) is 1.14. The van der Waals surface area contributed by atoms with Crippen molar-refractivity contribution in [2.24, 2.45) is 0 Å². The predicted octanol–water partition coefficient (Wildman–Crippen LogP) is 6.18. The molecule has 6 heteroatoms. The van der Waals surface area contributed by atoms with Gasteiger partial charge in [0.15, 0.2) is 5.65 Å². The highest BCUT2D eigenvalue weighted by molar-refractivity contribution is 6.30. The van der Waals surface area contributed by atoms with Crippen molar-refractivity contribution in [2.75, 3.05) is 5.32 Å². The van der Waals surface area contributed by atoms with Gasteiger partial charge in [0.25, 0.3) is 0 Å². The molecule has 0 saturated carbocycles. The summed E-state index contributed by atoms with van der Waals surface area (Å²) in [5, 5.41) is 9.45. The SMILES string of the molecule is CCC(CC)Nc1c2c(nc3c(-c4ccc(Cl)cc4C)c(C)nn13)CCC2.Cl. The lowest BCUT2D eigenvalue weighted by molar-refractivity contribution is 0.661. The Labute approximate surface area is 178 Å². The van der Waals surface area contributed by atoms with Gasteiger partial charge in [-0.15, -0.1) is 12.4 Å². The van der Waals surface area contributed by atoms with E-state index >= 15 is 0 Å². The third kappa shape index (κ3) is 3.48. The van der Waals surface area contributed by atoms with Gasteiger partial charge < -0.3 is 5.32 Å². The zero-order valence-corrected chi connectivity index (χ0v) is 18.5. The van der Waals surface area contributed by atoms with E-state index in [1.54, 1.807) is 0 Å². The first-order chi connectivity index (χ1) is 13.0. The van der Waals surface area contributed by atoms with E-state index in [-0.39, 0.29) is 12.4 Å². The van der Waals surface area contributed by atoms with E-state index in [1.165, 1.54) is 17.7 Å². The van der Waals surface area contributed by atoms with Crippen LogP contribution < -0.4 is 5.32 Å². The zero-order chi connectivity index (χ0) is 19.1. The normalized spacial score (nSPS) is 13.1. The van der Waals surface area contributed by atoms with Crippen LogP contribution in [-0.4, -0.2) is 20.6 Å². The van der Waals surface area contributed by atoms with Crippen LogP contribution in [0.15, 0.2) is 18.2 Å². The molecule has 0 aliphatic heterocycles. The molecule has 0 spiro atoms. The molecule has 0 unspecified atom stereocenters. The molecule has 150 valence electrons. The maximum Gasteiger partial charge on any atom is 0.165 e. The van der Waals surface area contributed by atoms with Gasteiger partial charge in [-0.1, -0.05) is 31.5 Å². The van der Waals surface area contributed by atoms with Crippen LogP contribution in [0.25, 0.3) is 16.8 Å². The van der Waals surface area contributed by atoms with Crippen molar-refractivity contribution in [3.05, 3.63) is 45.7 Å². The first-order valence-corrected chi connectivity index (χ1v) is 10.3. The van der Waals surface area contributed by atoms with Gasteiger partial charge in [-0.25, -0.2) is 4.98 Å². The Balaban J connectivity index is 0.00000225. The molecule has 1 aliphatic rings. The molecule has 0 amide bonds. The smallest absolute Gasteiger partial charge is 0.165 e.